The summed E-state index contributed by atoms with van der Waals surface area (Å²) in [5, 5.41) is 12.2. The molecule has 2 aliphatic rings. The first-order valence-electron chi connectivity index (χ1n) is 7.81. The zero-order chi connectivity index (χ0) is 14.8. The third-order valence-corrected chi connectivity index (χ3v) is 4.60. The molecule has 0 unspecified atom stereocenters. The number of carbonyl (C=O) groups excluding carboxylic acids is 1. The molecular formula is C15H26N2O3. The highest BCUT2D eigenvalue weighted by molar-refractivity contribution is 5.86. The molecule has 0 saturated heterocycles. The Morgan fingerprint density at radius 2 is 1.55 bits per heavy atom. The van der Waals surface area contributed by atoms with Crippen molar-refractivity contribution in [3.8, 4) is 0 Å². The van der Waals surface area contributed by atoms with Crippen LogP contribution in [-0.4, -0.2) is 40.6 Å². The minimum atomic E-state index is -1.12. The van der Waals surface area contributed by atoms with Gasteiger partial charge in [-0.15, -0.1) is 0 Å². The monoisotopic (exact) mass is 282 g/mol. The Labute approximate surface area is 120 Å². The molecule has 20 heavy (non-hydrogen) atoms. The van der Waals surface area contributed by atoms with Crippen LogP contribution in [0.1, 0.15) is 52.4 Å². The smallest absolute Gasteiger partial charge is 0.329 e. The van der Waals surface area contributed by atoms with Gasteiger partial charge in [-0.05, 0) is 50.4 Å². The van der Waals surface area contributed by atoms with Gasteiger partial charge in [0, 0.05) is 13.1 Å². The highest BCUT2D eigenvalue weighted by atomic mass is 16.4. The van der Waals surface area contributed by atoms with Gasteiger partial charge in [-0.25, -0.2) is 9.59 Å². The molecule has 0 atom stereocenters. The third-order valence-electron chi connectivity index (χ3n) is 4.60. The average Bonchev–Trinajstić information content (AvgIpc) is 3.29. The van der Waals surface area contributed by atoms with Crippen LogP contribution in [0, 0.1) is 11.8 Å². The van der Waals surface area contributed by atoms with Crippen LogP contribution in [0.3, 0.4) is 0 Å². The summed E-state index contributed by atoms with van der Waals surface area (Å²) in [5.74, 6) is 0.317. The quantitative estimate of drug-likeness (QED) is 0.718. The SMILES string of the molecule is CCC(CC)(NC(=O)N(CC1CC1)CC1CC1)C(=O)O. The predicted octanol–water partition coefficient (Wildman–Crippen LogP) is 2.46. The molecule has 0 aromatic heterocycles. The van der Waals surface area contributed by atoms with Gasteiger partial charge in [0.05, 0.1) is 0 Å². The lowest BCUT2D eigenvalue weighted by molar-refractivity contribution is -0.144. The number of carboxylic acids is 1. The van der Waals surface area contributed by atoms with Crippen LogP contribution < -0.4 is 5.32 Å². The van der Waals surface area contributed by atoms with Crippen LogP contribution in [0.15, 0.2) is 0 Å². The minimum absolute atomic E-state index is 0.199. The number of hydrogen-bond acceptors (Lipinski definition) is 2. The molecule has 0 heterocycles. The van der Waals surface area contributed by atoms with Crippen LogP contribution in [0.2, 0.25) is 0 Å². The molecule has 2 saturated carbocycles. The van der Waals surface area contributed by atoms with Crippen LogP contribution >= 0.6 is 0 Å². The molecule has 5 nitrogen and oxygen atoms in total. The van der Waals surface area contributed by atoms with Gasteiger partial charge in [0.15, 0.2) is 0 Å². The number of urea groups is 1. The van der Waals surface area contributed by atoms with Crippen LogP contribution in [-0.2, 0) is 4.79 Å². The fraction of sp³-hybridized carbons (Fsp3) is 0.867. The highest BCUT2D eigenvalue weighted by Gasteiger charge is 2.39. The Balaban J connectivity index is 1.99. The number of carbonyl (C=O) groups is 2. The summed E-state index contributed by atoms with van der Waals surface area (Å²) < 4.78 is 0. The van der Waals surface area contributed by atoms with Gasteiger partial charge < -0.3 is 15.3 Å². The molecule has 114 valence electrons. The minimum Gasteiger partial charge on any atom is -0.480 e. The Bertz CT molecular complexity index is 357. The van der Waals surface area contributed by atoms with Gasteiger partial charge in [0.25, 0.3) is 0 Å². The van der Waals surface area contributed by atoms with Crippen molar-refractivity contribution in [2.24, 2.45) is 11.8 Å². The van der Waals surface area contributed by atoms with Gasteiger partial charge in [-0.3, -0.25) is 0 Å². The Morgan fingerprint density at radius 1 is 1.10 bits per heavy atom. The number of amides is 2. The molecule has 0 bridgehead atoms. The first-order valence-corrected chi connectivity index (χ1v) is 7.81. The third kappa shape index (κ3) is 3.64. The molecule has 2 amide bonds. The molecule has 0 aromatic rings. The molecule has 0 aromatic carbocycles. The lowest BCUT2D eigenvalue weighted by Crippen LogP contribution is -2.57. The molecule has 2 aliphatic carbocycles. The van der Waals surface area contributed by atoms with Gasteiger partial charge >= 0.3 is 12.0 Å². The van der Waals surface area contributed by atoms with E-state index in [4.69, 9.17) is 0 Å². The average molecular weight is 282 g/mol. The summed E-state index contributed by atoms with van der Waals surface area (Å²) in [7, 11) is 0. The van der Waals surface area contributed by atoms with Crippen LogP contribution in [0.4, 0.5) is 4.79 Å². The zero-order valence-electron chi connectivity index (χ0n) is 12.5. The van der Waals surface area contributed by atoms with Crippen molar-refractivity contribution in [1.29, 1.82) is 0 Å². The lowest BCUT2D eigenvalue weighted by Gasteiger charge is -2.32. The summed E-state index contributed by atoms with van der Waals surface area (Å²) in [6.07, 6.45) is 5.59. The van der Waals surface area contributed by atoms with E-state index in [2.05, 4.69) is 5.32 Å². The van der Waals surface area contributed by atoms with E-state index in [-0.39, 0.29) is 6.03 Å². The lowest BCUT2D eigenvalue weighted by atomic mass is 9.93. The summed E-state index contributed by atoms with van der Waals surface area (Å²) in [4.78, 5) is 25.8. The normalized spacial score (nSPS) is 18.7. The molecule has 0 spiro atoms. The molecule has 0 radical (unpaired) electrons. The van der Waals surface area contributed by atoms with E-state index in [0.717, 1.165) is 13.1 Å². The maximum atomic E-state index is 12.5. The second-order valence-electron chi connectivity index (χ2n) is 6.32. The molecule has 2 fully saturated rings. The Kier molecular flexibility index (Phi) is 4.55. The summed E-state index contributed by atoms with van der Waals surface area (Å²) in [6, 6.07) is -0.199. The maximum Gasteiger partial charge on any atom is 0.329 e. The van der Waals surface area contributed by atoms with Crippen molar-refractivity contribution >= 4 is 12.0 Å². The van der Waals surface area contributed by atoms with Crippen molar-refractivity contribution in [2.75, 3.05) is 13.1 Å². The zero-order valence-corrected chi connectivity index (χ0v) is 12.5. The van der Waals surface area contributed by atoms with E-state index in [9.17, 15) is 14.7 Å². The highest BCUT2D eigenvalue weighted by Crippen LogP contribution is 2.34. The molecule has 5 heteroatoms. The summed E-state index contributed by atoms with van der Waals surface area (Å²) in [6.45, 7) is 5.19. The maximum absolute atomic E-state index is 12.5. The van der Waals surface area contributed by atoms with Gasteiger partial charge in [-0.2, -0.15) is 0 Å². The fourth-order valence-electron chi connectivity index (χ4n) is 2.53. The Hall–Kier alpha value is -1.26. The van der Waals surface area contributed by atoms with E-state index in [1.807, 2.05) is 18.7 Å². The summed E-state index contributed by atoms with van der Waals surface area (Å²) in [5.41, 5.74) is -1.12. The summed E-state index contributed by atoms with van der Waals surface area (Å²) >= 11 is 0. The van der Waals surface area contributed by atoms with E-state index in [1.54, 1.807) is 0 Å². The topological polar surface area (TPSA) is 69.6 Å². The predicted molar refractivity (Wildman–Crippen MR) is 76.5 cm³/mol. The largest absolute Gasteiger partial charge is 0.480 e. The fourth-order valence-corrected chi connectivity index (χ4v) is 2.53. The number of aliphatic carboxylic acids is 1. The second kappa shape index (κ2) is 6.02. The van der Waals surface area contributed by atoms with Gasteiger partial charge in [-0.1, -0.05) is 13.8 Å². The number of carboxylic acid groups (broad SMARTS) is 1. The van der Waals surface area contributed by atoms with E-state index in [1.165, 1.54) is 25.7 Å². The van der Waals surface area contributed by atoms with Crippen LogP contribution in [0.25, 0.3) is 0 Å². The second-order valence-corrected chi connectivity index (χ2v) is 6.32. The number of nitrogens with one attached hydrogen (secondary N) is 1. The first kappa shape index (κ1) is 15.1. The standard InChI is InChI=1S/C15H26N2O3/c1-3-15(4-2,13(18)19)16-14(20)17(9-11-5-6-11)10-12-7-8-12/h11-12H,3-10H2,1-2H3,(H,16,20)(H,18,19). The van der Waals surface area contributed by atoms with Crippen molar-refractivity contribution in [3.63, 3.8) is 0 Å². The van der Waals surface area contributed by atoms with Gasteiger partial charge in [0.2, 0.25) is 0 Å². The molecule has 2 rings (SSSR count). The van der Waals surface area contributed by atoms with Crippen LogP contribution in [0.5, 0.6) is 0 Å². The Morgan fingerprint density at radius 3 is 1.85 bits per heavy atom. The van der Waals surface area contributed by atoms with E-state index < -0.39 is 11.5 Å². The van der Waals surface area contributed by atoms with E-state index >= 15 is 0 Å². The molecule has 0 aliphatic heterocycles. The van der Waals surface area contributed by atoms with E-state index in [0.29, 0.717) is 24.7 Å². The molecule has 2 N–H and O–H groups in total. The van der Waals surface area contributed by atoms with Crippen molar-refractivity contribution < 1.29 is 14.7 Å². The first-order chi connectivity index (χ1) is 9.50. The number of hydrogen-bond donors (Lipinski definition) is 2. The van der Waals surface area contributed by atoms with Crippen molar-refractivity contribution in [1.82, 2.24) is 10.2 Å². The van der Waals surface area contributed by atoms with Crippen molar-refractivity contribution in [2.45, 2.75) is 57.9 Å². The van der Waals surface area contributed by atoms with Gasteiger partial charge in [0.1, 0.15) is 5.54 Å². The number of rotatable bonds is 8. The number of nitrogens with zero attached hydrogens (tertiary/aromatic N) is 1. The van der Waals surface area contributed by atoms with Crippen molar-refractivity contribution in [3.05, 3.63) is 0 Å². The molecular weight excluding hydrogens is 256 g/mol.